The number of nitrogens with zero attached hydrogens (tertiary/aromatic N) is 5. The Labute approximate surface area is 383 Å². The number of carboxylic acid groups (broad SMARTS) is 1. The van der Waals surface area contributed by atoms with E-state index in [0.717, 1.165) is 22.1 Å². The van der Waals surface area contributed by atoms with E-state index in [-0.39, 0.29) is 57.8 Å². The molecule has 0 bridgehead atoms. The fraction of sp³-hybridized carbons (Fsp3) is 0.349. The van der Waals surface area contributed by atoms with Gasteiger partial charge in [0.15, 0.2) is 11.6 Å². The summed E-state index contributed by atoms with van der Waals surface area (Å²) in [6, 6.07) is 10.9. The van der Waals surface area contributed by atoms with E-state index in [1.807, 2.05) is 0 Å². The van der Waals surface area contributed by atoms with E-state index >= 15 is 0 Å². The number of aliphatic hydroxyl groups is 6. The zero-order valence-electron chi connectivity index (χ0n) is 34.8. The summed E-state index contributed by atoms with van der Waals surface area (Å²) in [5, 5.41) is 102. The number of nitrogens with two attached hydrogens (primary N) is 2. The number of allylic oxidation sites excluding steroid dienone is 3. The second-order valence-electron chi connectivity index (χ2n) is 16.0. The first-order valence-electron chi connectivity index (χ1n) is 20.6. The van der Waals surface area contributed by atoms with Gasteiger partial charge in [-0.25, -0.2) is 15.0 Å². The number of halogens is 1. The number of ether oxygens (including phenoxy) is 3. The molecule has 3 aliphatic heterocycles. The molecule has 12 atom stereocenters. The first-order chi connectivity index (χ1) is 32.1. The number of hydrazine groups is 1. The number of aromatic hydroxyl groups is 1. The largest absolute Gasteiger partial charge is 0.508 e. The van der Waals surface area contributed by atoms with Crippen LogP contribution < -0.4 is 21.6 Å². The Morgan fingerprint density at radius 1 is 0.925 bits per heavy atom. The molecule has 4 aromatic rings. The maximum atomic E-state index is 13.9. The van der Waals surface area contributed by atoms with Crippen molar-refractivity contribution >= 4 is 35.1 Å². The highest BCUT2D eigenvalue weighted by Gasteiger charge is 2.52. The molecule has 4 aliphatic rings. The van der Waals surface area contributed by atoms with Crippen LogP contribution in [0, 0.1) is 11.7 Å². The molecule has 354 valence electrons. The lowest BCUT2D eigenvalue weighted by molar-refractivity contribution is -0.192. The Balaban J connectivity index is 0.969. The smallest absolute Gasteiger partial charge is 0.336 e. The van der Waals surface area contributed by atoms with Crippen LogP contribution in [0.1, 0.15) is 55.2 Å². The molecule has 0 saturated carbocycles. The molecule has 3 aromatic carbocycles. The maximum absolute atomic E-state index is 13.9. The Hall–Kier alpha value is -6.32. The van der Waals surface area contributed by atoms with Crippen molar-refractivity contribution in [2.75, 3.05) is 13.2 Å². The van der Waals surface area contributed by atoms with Gasteiger partial charge in [0, 0.05) is 46.9 Å². The highest BCUT2D eigenvalue weighted by atomic mass is 32.2. The first kappa shape index (κ1) is 47.2. The molecule has 1 amide bonds. The van der Waals surface area contributed by atoms with Gasteiger partial charge in [-0.05, 0) is 47.2 Å². The highest BCUT2D eigenvalue weighted by Crippen LogP contribution is 2.49. The number of tetrazole rings is 1. The third kappa shape index (κ3) is 9.49. The van der Waals surface area contributed by atoms with E-state index in [9.17, 15) is 59.6 Å². The van der Waals surface area contributed by atoms with Gasteiger partial charge in [-0.15, -0.1) is 10.2 Å². The summed E-state index contributed by atoms with van der Waals surface area (Å²) in [5.41, 5.74) is 4.16. The van der Waals surface area contributed by atoms with E-state index in [0.29, 0.717) is 22.9 Å². The third-order valence-electron chi connectivity index (χ3n) is 11.8. The third-order valence-corrected chi connectivity index (χ3v) is 13.1. The lowest BCUT2D eigenvalue weighted by Gasteiger charge is -2.47. The van der Waals surface area contributed by atoms with Gasteiger partial charge in [-0.1, -0.05) is 42.1 Å². The van der Waals surface area contributed by atoms with Crippen LogP contribution in [0.15, 0.2) is 90.9 Å². The van der Waals surface area contributed by atoms with Crippen molar-refractivity contribution in [1.29, 1.82) is 0 Å². The fourth-order valence-electron chi connectivity index (χ4n) is 8.48. The van der Waals surface area contributed by atoms with Crippen LogP contribution in [0.25, 0.3) is 5.70 Å². The van der Waals surface area contributed by atoms with Crippen LogP contribution in [0.4, 0.5) is 4.39 Å². The van der Waals surface area contributed by atoms with Gasteiger partial charge in [0.25, 0.3) is 5.91 Å². The summed E-state index contributed by atoms with van der Waals surface area (Å²) >= 11 is 0.675. The summed E-state index contributed by atoms with van der Waals surface area (Å²) in [7, 11) is 0. The summed E-state index contributed by atoms with van der Waals surface area (Å²) < 4.78 is 31.4. The van der Waals surface area contributed by atoms with Gasteiger partial charge >= 0.3 is 5.97 Å². The zero-order valence-corrected chi connectivity index (χ0v) is 35.7. The van der Waals surface area contributed by atoms with Crippen LogP contribution in [0.2, 0.25) is 0 Å². The molecule has 0 spiro atoms. The quantitative estimate of drug-likeness (QED) is 0.0563. The van der Waals surface area contributed by atoms with Gasteiger partial charge in [-0.3, -0.25) is 9.59 Å². The number of thioether (sulfide) groups is 1. The van der Waals surface area contributed by atoms with Gasteiger partial charge in [0.2, 0.25) is 0 Å². The number of carbonyl (C=O) groups is 3. The molecule has 4 heterocycles. The van der Waals surface area contributed by atoms with E-state index in [4.69, 9.17) is 25.8 Å². The molecule has 1 aromatic heterocycles. The van der Waals surface area contributed by atoms with Crippen molar-refractivity contribution < 1.29 is 73.8 Å². The molecular weight excluding hydrogens is 904 g/mol. The van der Waals surface area contributed by atoms with Gasteiger partial charge < -0.3 is 71.1 Å². The Kier molecular flexibility index (Phi) is 13.7. The zero-order chi connectivity index (χ0) is 47.8. The second-order valence-corrected chi connectivity index (χ2v) is 17.2. The number of carboxylic acids is 1. The number of nitrogens with one attached hydrogen (secondary N) is 1. The minimum Gasteiger partial charge on any atom is -0.508 e. The average molecular weight is 949 g/mol. The monoisotopic (exact) mass is 948 g/mol. The molecule has 0 radical (unpaired) electrons. The number of aliphatic hydroxyl groups excluding tert-OH is 6. The lowest BCUT2D eigenvalue weighted by Crippen LogP contribution is -2.65. The average Bonchev–Trinajstić information content (AvgIpc) is 3.77. The number of hydrogen-bond acceptors (Lipinski definition) is 20. The SMILES string of the molecule is N/C(=C\N(N)C1C(O)C(CO)OC(SC2OC(CO)C(O)C(n3nnc(CNC(=O)c4ccc(C5c6ccc(O)cc6OC6=CC(=O)C=CC65)c(C(=O)O)c4)n3)C2O)C1O)c1cccc(F)c1. The number of aromatic carboxylic acids is 1. The van der Waals surface area contributed by atoms with Gasteiger partial charge in [0.05, 0.1) is 31.0 Å². The number of aromatic nitrogens is 4. The molecule has 2 saturated heterocycles. The molecule has 1 aliphatic carbocycles. The summed E-state index contributed by atoms with van der Waals surface area (Å²) in [4.78, 5) is 39.3. The molecule has 8 rings (SSSR count). The van der Waals surface area contributed by atoms with Crippen LogP contribution in [-0.2, 0) is 20.8 Å². The number of ketones is 1. The molecule has 13 N–H and O–H groups in total. The summed E-state index contributed by atoms with van der Waals surface area (Å²) in [6.07, 6.45) is -3.87. The fourth-order valence-corrected chi connectivity index (χ4v) is 9.80. The number of phenolic OH excluding ortho intramolecular Hbond substituents is 1. The minimum absolute atomic E-state index is 0.0253. The van der Waals surface area contributed by atoms with Gasteiger partial charge in [0.1, 0.15) is 82.7 Å². The number of rotatable bonds is 13. The van der Waals surface area contributed by atoms with Crippen LogP contribution in [-0.4, -0.2) is 150 Å². The number of hydrogen-bond donors (Lipinski definition) is 11. The van der Waals surface area contributed by atoms with Crippen molar-refractivity contribution in [3.8, 4) is 11.5 Å². The molecule has 24 heteroatoms. The molecular formula is C43H45FN8O14S. The summed E-state index contributed by atoms with van der Waals surface area (Å²) in [5.74, 6) is 2.31. The Morgan fingerprint density at radius 2 is 1.64 bits per heavy atom. The van der Waals surface area contributed by atoms with E-state index < -0.39 is 102 Å². The number of benzene rings is 3. The van der Waals surface area contributed by atoms with Crippen LogP contribution in [0.5, 0.6) is 11.5 Å². The van der Waals surface area contributed by atoms with Crippen molar-refractivity contribution in [2.45, 2.75) is 72.0 Å². The van der Waals surface area contributed by atoms with Crippen molar-refractivity contribution in [1.82, 2.24) is 30.5 Å². The van der Waals surface area contributed by atoms with Crippen molar-refractivity contribution in [3.63, 3.8) is 0 Å². The van der Waals surface area contributed by atoms with Crippen molar-refractivity contribution in [3.05, 3.63) is 130 Å². The number of amides is 1. The number of carbonyl (C=O) groups excluding carboxylic acids is 2. The Morgan fingerprint density at radius 3 is 2.36 bits per heavy atom. The molecule has 67 heavy (non-hydrogen) atoms. The Bertz CT molecular complexity index is 2630. The van der Waals surface area contributed by atoms with E-state index in [2.05, 4.69) is 20.7 Å². The topological polar surface area (TPSA) is 352 Å². The molecule has 12 unspecified atom stereocenters. The number of fused-ring (bicyclic) bond motifs is 2. The number of phenols is 1. The highest BCUT2D eigenvalue weighted by molar-refractivity contribution is 8.00. The van der Waals surface area contributed by atoms with Crippen LogP contribution in [0.3, 0.4) is 0 Å². The maximum Gasteiger partial charge on any atom is 0.336 e. The lowest BCUT2D eigenvalue weighted by atomic mass is 9.74. The van der Waals surface area contributed by atoms with Gasteiger partial charge in [-0.2, -0.15) is 4.80 Å². The second kappa shape index (κ2) is 19.5. The predicted molar refractivity (Wildman–Crippen MR) is 229 cm³/mol. The predicted octanol–water partition coefficient (Wildman–Crippen LogP) is -1.04. The first-order valence-corrected chi connectivity index (χ1v) is 21.6. The van der Waals surface area contributed by atoms with E-state index in [1.165, 1.54) is 60.7 Å². The standard InChI is InChI=1S/C43H45FN8O14S/c44-20-3-1-2-18(10-20)27(45)15-51(46)34-36(57)30(16-53)65-42(38(34)59)67-43-39(60)35(37(58)31(17-54)66-43)52-49-32(48-50-52)14-47-40(61)19-4-7-23(26(11-19)41(62)63)33-24-8-5-21(55)12-28(24)64-29-13-22(56)6-9-25(29)33/h1-13,15,24,30-31,33-39,42-43,53-54,56-60H,14,16-17,45-46H2,(H,47,61)(H,62,63)/b27-15-. The summed E-state index contributed by atoms with van der Waals surface area (Å²) in [6.45, 7) is -1.86. The van der Waals surface area contributed by atoms with E-state index in [1.54, 1.807) is 12.1 Å². The molecule has 22 nitrogen and oxygen atoms in total. The molecule has 2 fully saturated rings. The van der Waals surface area contributed by atoms with Crippen LogP contribution >= 0.6 is 11.8 Å². The normalized spacial score (nSPS) is 29.3. The van der Waals surface area contributed by atoms with Crippen molar-refractivity contribution in [2.24, 2.45) is 17.5 Å². The minimum atomic E-state index is -1.71.